The van der Waals surface area contributed by atoms with Gasteiger partial charge in [-0.05, 0) is 148 Å². The number of H-pyrrole nitrogens is 2. The number of hydrogen-bond acceptors (Lipinski definition) is 14. The highest BCUT2D eigenvalue weighted by Crippen LogP contribution is 2.40. The molecule has 12 nitrogen and oxygen atoms in total. The van der Waals surface area contributed by atoms with Crippen molar-refractivity contribution in [1.29, 1.82) is 21.0 Å². The van der Waals surface area contributed by atoms with E-state index in [4.69, 9.17) is 9.97 Å². The van der Waals surface area contributed by atoms with E-state index in [0.717, 1.165) is 120 Å². The van der Waals surface area contributed by atoms with Crippen molar-refractivity contribution >= 4 is 138 Å². The maximum atomic E-state index is 13.7. The number of aromatic nitrogens is 6. The Balaban J connectivity index is 1.10. The van der Waals surface area contributed by atoms with Crippen LogP contribution in [0.5, 0.6) is 0 Å². The van der Waals surface area contributed by atoms with Crippen molar-refractivity contribution in [3.8, 4) is 68.8 Å². The van der Waals surface area contributed by atoms with Crippen LogP contribution in [0.25, 0.3) is 90.6 Å². The van der Waals surface area contributed by atoms with Crippen molar-refractivity contribution in [2.75, 3.05) is 0 Å². The van der Waals surface area contributed by atoms with E-state index < -0.39 is 0 Å². The Bertz CT molecular complexity index is 5330. The Labute approximate surface area is 659 Å². The average Bonchev–Trinajstić information content (AvgIpc) is 1.62. The van der Waals surface area contributed by atoms with Crippen LogP contribution in [0.15, 0.2) is 82.4 Å². The summed E-state index contributed by atoms with van der Waals surface area (Å²) < 4.78 is 4.55. The van der Waals surface area contributed by atoms with Gasteiger partial charge in [0.15, 0.2) is 11.1 Å². The van der Waals surface area contributed by atoms with Crippen LogP contribution in [-0.2, 0) is 25.9 Å². The van der Waals surface area contributed by atoms with Crippen molar-refractivity contribution in [2.24, 2.45) is 11.8 Å². The van der Waals surface area contributed by atoms with Crippen LogP contribution in [0, 0.1) is 80.8 Å². The summed E-state index contributed by atoms with van der Waals surface area (Å²) in [6.07, 6.45) is 44.5. The summed E-state index contributed by atoms with van der Waals surface area (Å²) in [4.78, 5) is 54.6. The molecule has 11 rings (SSSR count). The quantitative estimate of drug-likeness (QED) is 0.0293. The molecule has 8 bridgehead atoms. The lowest BCUT2D eigenvalue weighted by Crippen LogP contribution is -2.31. The van der Waals surface area contributed by atoms with Crippen LogP contribution < -0.4 is 29.5 Å². The maximum Gasteiger partial charge on any atom is 0.269 e. The van der Waals surface area contributed by atoms with Gasteiger partial charge in [-0.2, -0.15) is 21.0 Å². The van der Waals surface area contributed by atoms with Gasteiger partial charge >= 0.3 is 0 Å². The summed E-state index contributed by atoms with van der Waals surface area (Å²) in [5.41, 5.74) is 9.06. The van der Waals surface area contributed by atoms with Crippen molar-refractivity contribution in [3.63, 3.8) is 0 Å². The molecule has 554 valence electrons. The third kappa shape index (κ3) is 20.4. The van der Waals surface area contributed by atoms with Gasteiger partial charge in [0.1, 0.15) is 33.6 Å². The molecule has 2 N–H and O–H groups in total. The Kier molecular flexibility index (Phi) is 29.8. The molecule has 108 heavy (non-hydrogen) atoms. The molecule has 2 aliphatic rings. The van der Waals surface area contributed by atoms with E-state index in [1.165, 1.54) is 196 Å². The van der Waals surface area contributed by atoms with E-state index in [1.807, 2.05) is 97.2 Å². The fourth-order valence-corrected chi connectivity index (χ4v) is 20.7. The van der Waals surface area contributed by atoms with Gasteiger partial charge in [-0.15, -0.1) is 68.0 Å². The van der Waals surface area contributed by atoms with Crippen LogP contribution >= 0.6 is 68.0 Å². The number of aromatic amines is 2. The summed E-state index contributed by atoms with van der Waals surface area (Å²) >= 11 is 8.95. The summed E-state index contributed by atoms with van der Waals surface area (Å²) in [6.45, 7) is 13.5. The van der Waals surface area contributed by atoms with Crippen LogP contribution in [0.2, 0.25) is 0 Å². The minimum atomic E-state index is -0.244. The lowest BCUT2D eigenvalue weighted by Gasteiger charge is -2.16. The molecular weight excluding hydrogens is 1450 g/mol. The molecule has 0 saturated carbocycles. The monoisotopic (exact) mass is 1540 g/mol. The molecule has 0 saturated heterocycles. The highest BCUT2D eigenvalue weighted by molar-refractivity contribution is 7.16. The van der Waals surface area contributed by atoms with E-state index in [2.05, 4.69) is 134 Å². The Hall–Kier alpha value is -9.18. The lowest BCUT2D eigenvalue weighted by molar-refractivity contribution is 0.404. The zero-order valence-corrected chi connectivity index (χ0v) is 68.1. The molecule has 0 amide bonds. The molecule has 2 atom stereocenters. The largest absolute Gasteiger partial charge is 0.354 e. The number of rotatable bonds is 34. The fraction of sp³-hybridized carbons (Fsp3) is 0.400. The second kappa shape index (κ2) is 40.3. The average molecular weight is 1540 g/mol. The van der Waals surface area contributed by atoms with E-state index in [-0.39, 0.29) is 22.3 Å². The molecule has 2 aliphatic heterocycles. The fourth-order valence-electron chi connectivity index (χ4n) is 14.4. The molecule has 0 fully saturated rings. The molecular formula is C90H96N10O2S6. The van der Waals surface area contributed by atoms with Crippen LogP contribution in [0.3, 0.4) is 0 Å². The maximum absolute atomic E-state index is 13.7. The van der Waals surface area contributed by atoms with Gasteiger partial charge in [0.2, 0.25) is 0 Å². The van der Waals surface area contributed by atoms with Gasteiger partial charge in [0.05, 0.1) is 63.8 Å². The van der Waals surface area contributed by atoms with Crippen molar-refractivity contribution < 1.29 is 0 Å². The normalized spacial score (nSPS) is 12.5. The SMILES string of the molecule is CCCCCCCCC(CCCCCC)Cc1ccc(-c2c3nc(c(C#Cc4ccc(/C=c5\sc(=C(C#N)C#N)n(CC)c5=O)s4)c4ccc([nH]4)c(-c4ccc(CC(CCCCCC)CCCCCCCC)s4)c4ccc([nH]4)c(C#Cc4ccc(/C=c5\sc(=C(C#N)C#N)n(CC)c5=O)s4)c4nc2C=C4)C=C3)s1. The molecule has 0 spiro atoms. The van der Waals surface area contributed by atoms with Gasteiger partial charge < -0.3 is 9.97 Å². The molecule has 11 heterocycles. The number of nitrogens with one attached hydrogen (secondary N) is 2. The van der Waals surface area contributed by atoms with Gasteiger partial charge in [0.25, 0.3) is 11.1 Å². The molecule has 9 aromatic heterocycles. The first-order valence-electron chi connectivity index (χ1n) is 39.0. The van der Waals surface area contributed by atoms with Crippen LogP contribution in [0.4, 0.5) is 0 Å². The highest BCUT2D eigenvalue weighted by atomic mass is 32.1. The van der Waals surface area contributed by atoms with Crippen LogP contribution in [-0.4, -0.2) is 29.1 Å². The number of fused-ring (bicyclic) bond motifs is 8. The lowest BCUT2D eigenvalue weighted by atomic mass is 9.91. The first-order chi connectivity index (χ1) is 52.9. The van der Waals surface area contributed by atoms with Gasteiger partial charge in [-0.1, -0.05) is 205 Å². The number of unbranched alkanes of at least 4 members (excludes halogenated alkanes) is 16. The smallest absolute Gasteiger partial charge is 0.269 e. The van der Waals surface area contributed by atoms with Gasteiger partial charge in [0, 0.05) is 64.5 Å². The first kappa shape index (κ1) is 79.9. The van der Waals surface area contributed by atoms with E-state index in [1.54, 1.807) is 0 Å². The summed E-state index contributed by atoms with van der Waals surface area (Å²) in [6, 6.07) is 33.5. The first-order valence-corrected chi connectivity index (χ1v) is 43.9. The number of nitriles is 4. The predicted octanol–water partition coefficient (Wildman–Crippen LogP) is 21.3. The summed E-state index contributed by atoms with van der Waals surface area (Å²) in [5, 5.41) is 39.1. The standard InChI is InChI=1S/C90H96N10O2S6/c1-7-13-17-21-23-27-31-61(29-25-19-15-9-3)53-67-39-51-81(105-67)85-77-47-43-73(95-77)71(41-37-65-33-35-69(103-65)55-83-87(101)99(11-5)89(107-83)63(57-91)58-92)75-45-49-79(97-75)86(82-52-40-68(106-82)54-62(30-26-20-16-10-4)32-28-24-22-18-14-8-2)80-50-46-76(98-80)72(74-44-48-78(85)96-74)42-38-66-34-36-70(104-66)56-84-88(102)100(12-6)90(108-84)64(59-93)60-94/h33-36,39-40,43-52,55-56,61-62,95-96H,7-32,53-54H2,1-6H3/b73-71?,74-72?,75-71?,76-72?,83-55-,84-56-,85-77?,85-78?,86-79?,86-80?. The van der Waals surface area contributed by atoms with Gasteiger partial charge in [-0.25, -0.2) is 9.97 Å². The van der Waals surface area contributed by atoms with Crippen LogP contribution in [0.1, 0.15) is 259 Å². The van der Waals surface area contributed by atoms with E-state index in [9.17, 15) is 30.6 Å². The van der Waals surface area contributed by atoms with Gasteiger partial charge in [-0.3, -0.25) is 18.7 Å². The zero-order valence-electron chi connectivity index (χ0n) is 63.2. The number of hydrogen-bond donors (Lipinski definition) is 2. The Morgan fingerprint density at radius 3 is 1.16 bits per heavy atom. The van der Waals surface area contributed by atoms with Crippen molar-refractivity contribution in [2.45, 2.75) is 222 Å². The predicted molar refractivity (Wildman–Crippen MR) is 457 cm³/mol. The third-order valence-electron chi connectivity index (χ3n) is 20.2. The second-order valence-corrected chi connectivity index (χ2v) is 34.6. The summed E-state index contributed by atoms with van der Waals surface area (Å²) in [5.74, 6) is 15.6. The Morgan fingerprint density at radius 2 is 0.769 bits per heavy atom. The molecule has 0 radical (unpaired) electrons. The van der Waals surface area contributed by atoms with Crippen molar-refractivity contribution in [3.05, 3.63) is 175 Å². The van der Waals surface area contributed by atoms with E-state index in [0.29, 0.717) is 54.7 Å². The summed E-state index contributed by atoms with van der Waals surface area (Å²) in [7, 11) is 0. The number of thiophene rings is 4. The zero-order chi connectivity index (χ0) is 75.7. The number of nitrogens with zero attached hydrogens (tertiary/aromatic N) is 8. The third-order valence-corrected chi connectivity index (χ3v) is 26.6. The van der Waals surface area contributed by atoms with Crippen molar-refractivity contribution in [1.82, 2.24) is 29.1 Å². The second-order valence-electron chi connectivity index (χ2n) is 28.0. The minimum absolute atomic E-state index is 0.0861. The molecule has 0 aliphatic carbocycles. The highest BCUT2D eigenvalue weighted by Gasteiger charge is 2.22. The Morgan fingerprint density at radius 1 is 0.407 bits per heavy atom. The molecule has 0 aromatic carbocycles. The van der Waals surface area contributed by atoms with E-state index >= 15 is 0 Å². The number of thiazole rings is 2. The topological polar surface area (TPSA) is 197 Å². The molecule has 9 aromatic rings. The minimum Gasteiger partial charge on any atom is -0.354 e. The molecule has 18 heteroatoms. The molecule has 2 unspecified atom stereocenters.